The van der Waals surface area contributed by atoms with Gasteiger partial charge in [-0.3, -0.25) is 4.72 Å². The molecule has 0 unspecified atom stereocenters. The van der Waals surface area contributed by atoms with Crippen molar-refractivity contribution >= 4 is 39.9 Å². The van der Waals surface area contributed by atoms with Crippen LogP contribution in [0.4, 0.5) is 11.4 Å². The Hall–Kier alpha value is -2.22. The maximum absolute atomic E-state index is 12.8. The quantitative estimate of drug-likeness (QED) is 0.772. The molecule has 0 aromatic heterocycles. The van der Waals surface area contributed by atoms with Crippen molar-refractivity contribution in [2.24, 2.45) is 0 Å². The van der Waals surface area contributed by atoms with Crippen molar-refractivity contribution in [2.45, 2.75) is 4.90 Å². The summed E-state index contributed by atoms with van der Waals surface area (Å²) >= 11 is 0. The fourth-order valence-corrected chi connectivity index (χ4v) is 4.11. The summed E-state index contributed by atoms with van der Waals surface area (Å²) in [4.78, 5) is 4.62. The molecule has 0 radical (unpaired) electrons. The van der Waals surface area contributed by atoms with Gasteiger partial charge in [-0.1, -0.05) is 24.8 Å². The number of ether oxygens (including phenoxy) is 1. The van der Waals surface area contributed by atoms with Gasteiger partial charge in [-0.05, 0) is 42.9 Å². The van der Waals surface area contributed by atoms with Gasteiger partial charge in [0.15, 0.2) is 0 Å². The molecular weight excluding hydrogens is 398 g/mol. The molecule has 2 aromatic rings. The lowest BCUT2D eigenvalue weighted by Crippen LogP contribution is -2.44. The maximum Gasteiger partial charge on any atom is 0.261 e. The van der Waals surface area contributed by atoms with Crippen LogP contribution in [0.15, 0.2) is 53.9 Å². The fourth-order valence-electron chi connectivity index (χ4n) is 3.03. The van der Waals surface area contributed by atoms with Crippen LogP contribution >= 0.6 is 12.4 Å². The van der Waals surface area contributed by atoms with E-state index in [0.717, 1.165) is 37.4 Å². The summed E-state index contributed by atoms with van der Waals surface area (Å²) in [5.41, 5.74) is 2.24. The minimum atomic E-state index is -3.70. The number of nitrogens with one attached hydrogen (secondary N) is 1. The number of anilines is 2. The highest BCUT2D eigenvalue weighted by Gasteiger charge is 2.22. The zero-order valence-electron chi connectivity index (χ0n) is 16.1. The molecule has 8 heteroatoms. The van der Waals surface area contributed by atoms with E-state index in [2.05, 4.69) is 28.1 Å². The van der Waals surface area contributed by atoms with Gasteiger partial charge >= 0.3 is 0 Å². The molecule has 0 atom stereocenters. The first kappa shape index (κ1) is 22.1. The average molecular weight is 424 g/mol. The van der Waals surface area contributed by atoms with Crippen LogP contribution in [0.5, 0.6) is 5.75 Å². The second kappa shape index (κ2) is 9.32. The highest BCUT2D eigenvalue weighted by Crippen LogP contribution is 2.32. The molecule has 0 amide bonds. The third kappa shape index (κ3) is 4.98. The lowest BCUT2D eigenvalue weighted by atomic mass is 10.2. The zero-order valence-corrected chi connectivity index (χ0v) is 17.7. The van der Waals surface area contributed by atoms with E-state index in [9.17, 15) is 8.42 Å². The predicted octanol–water partition coefficient (Wildman–Crippen LogP) is 3.31. The lowest BCUT2D eigenvalue weighted by molar-refractivity contribution is 0.311. The smallest absolute Gasteiger partial charge is 0.261 e. The summed E-state index contributed by atoms with van der Waals surface area (Å²) in [5, 5.41) is 0. The van der Waals surface area contributed by atoms with Crippen molar-refractivity contribution in [1.82, 2.24) is 4.90 Å². The number of nitrogens with zero attached hydrogens (tertiary/aromatic N) is 2. The van der Waals surface area contributed by atoms with Crippen molar-refractivity contribution in [3.63, 3.8) is 0 Å². The number of methoxy groups -OCH3 is 1. The molecule has 1 fully saturated rings. The second-order valence-electron chi connectivity index (χ2n) is 6.56. The third-order valence-electron chi connectivity index (χ3n) is 4.70. The molecule has 3 rings (SSSR count). The largest absolute Gasteiger partial charge is 0.495 e. The van der Waals surface area contributed by atoms with E-state index in [4.69, 9.17) is 4.74 Å². The second-order valence-corrected chi connectivity index (χ2v) is 8.24. The van der Waals surface area contributed by atoms with Crippen molar-refractivity contribution in [3.8, 4) is 5.75 Å². The van der Waals surface area contributed by atoms with Crippen LogP contribution in [-0.4, -0.2) is 53.7 Å². The number of rotatable bonds is 6. The van der Waals surface area contributed by atoms with E-state index >= 15 is 0 Å². The van der Waals surface area contributed by atoms with Crippen LogP contribution in [0.25, 0.3) is 6.08 Å². The Bertz CT molecular complexity index is 909. The Morgan fingerprint density at radius 1 is 1.07 bits per heavy atom. The third-order valence-corrected chi connectivity index (χ3v) is 6.08. The number of sulfonamides is 1. The Balaban J connectivity index is 0.00000280. The normalized spacial score (nSPS) is 14.9. The fraction of sp³-hybridized carbons (Fsp3) is 0.300. The van der Waals surface area contributed by atoms with Crippen molar-refractivity contribution < 1.29 is 13.2 Å². The molecule has 0 spiro atoms. The first-order valence-electron chi connectivity index (χ1n) is 8.80. The Kier molecular flexibility index (Phi) is 7.35. The van der Waals surface area contributed by atoms with E-state index < -0.39 is 10.0 Å². The zero-order chi connectivity index (χ0) is 19.4. The lowest BCUT2D eigenvalue weighted by Gasteiger charge is -2.34. The number of likely N-dealkylation sites (N-methyl/N-ethyl adjacent to an activating group) is 1. The van der Waals surface area contributed by atoms with Crippen molar-refractivity contribution in [1.29, 1.82) is 0 Å². The van der Waals surface area contributed by atoms with E-state index in [0.29, 0.717) is 11.4 Å². The number of benzene rings is 2. The van der Waals surface area contributed by atoms with Gasteiger partial charge in [0.2, 0.25) is 0 Å². The van der Waals surface area contributed by atoms with Crippen LogP contribution in [0.1, 0.15) is 5.56 Å². The summed E-state index contributed by atoms with van der Waals surface area (Å²) < 4.78 is 33.8. The first-order chi connectivity index (χ1) is 12.9. The SMILES string of the molecule is C=Cc1ccc(NS(=O)(=O)c2ccc(OC)c(N3CCN(C)CC3)c2)cc1.Cl. The molecule has 2 aromatic carbocycles. The minimum Gasteiger partial charge on any atom is -0.495 e. The molecule has 0 aliphatic carbocycles. The summed E-state index contributed by atoms with van der Waals surface area (Å²) in [6.45, 7) is 7.20. The topological polar surface area (TPSA) is 61.9 Å². The summed E-state index contributed by atoms with van der Waals surface area (Å²) in [6, 6.07) is 12.0. The number of hydrogen-bond donors (Lipinski definition) is 1. The van der Waals surface area contributed by atoms with Gasteiger partial charge in [0.05, 0.1) is 17.7 Å². The van der Waals surface area contributed by atoms with Crippen LogP contribution in [0, 0.1) is 0 Å². The van der Waals surface area contributed by atoms with Gasteiger partial charge in [0, 0.05) is 31.9 Å². The predicted molar refractivity (Wildman–Crippen MR) is 117 cm³/mol. The summed E-state index contributed by atoms with van der Waals surface area (Å²) in [6.07, 6.45) is 1.71. The molecule has 1 aliphatic heterocycles. The molecule has 1 N–H and O–H groups in total. The van der Waals surface area contributed by atoms with Crippen LogP contribution in [0.2, 0.25) is 0 Å². The van der Waals surface area contributed by atoms with Crippen molar-refractivity contribution in [2.75, 3.05) is 50.0 Å². The Morgan fingerprint density at radius 2 is 1.71 bits per heavy atom. The molecule has 1 saturated heterocycles. The molecule has 0 saturated carbocycles. The van der Waals surface area contributed by atoms with Crippen molar-refractivity contribution in [3.05, 3.63) is 54.6 Å². The van der Waals surface area contributed by atoms with Gasteiger partial charge in [-0.2, -0.15) is 0 Å². The molecule has 152 valence electrons. The summed E-state index contributed by atoms with van der Waals surface area (Å²) in [7, 11) is -0.0182. The van der Waals surface area contributed by atoms with E-state index in [-0.39, 0.29) is 17.3 Å². The highest BCUT2D eigenvalue weighted by atomic mass is 35.5. The monoisotopic (exact) mass is 423 g/mol. The number of hydrogen-bond acceptors (Lipinski definition) is 5. The standard InChI is InChI=1S/C20H25N3O3S.ClH/c1-4-16-5-7-17(8-6-16)21-27(24,25)18-9-10-20(26-3)19(15-18)23-13-11-22(2)12-14-23;/h4-10,15,21H,1,11-14H2,2-3H3;1H. The van der Waals surface area contributed by atoms with Gasteiger partial charge < -0.3 is 14.5 Å². The minimum absolute atomic E-state index is 0. The molecule has 1 heterocycles. The van der Waals surface area contributed by atoms with Gasteiger partial charge in [0.25, 0.3) is 10.0 Å². The Labute approximate surface area is 173 Å². The molecule has 0 bridgehead atoms. The van der Waals surface area contributed by atoms with Crippen LogP contribution in [-0.2, 0) is 10.0 Å². The molecule has 6 nitrogen and oxygen atoms in total. The molecular formula is C20H26ClN3O3S. The highest BCUT2D eigenvalue weighted by molar-refractivity contribution is 7.92. The molecule has 1 aliphatic rings. The summed E-state index contributed by atoms with van der Waals surface area (Å²) in [5.74, 6) is 0.675. The van der Waals surface area contributed by atoms with Gasteiger partial charge in [0.1, 0.15) is 5.75 Å². The van der Waals surface area contributed by atoms with Crippen LogP contribution < -0.4 is 14.4 Å². The number of halogens is 1. The van der Waals surface area contributed by atoms with E-state index in [1.807, 2.05) is 12.1 Å². The maximum atomic E-state index is 12.8. The van der Waals surface area contributed by atoms with E-state index in [1.165, 1.54) is 0 Å². The molecule has 28 heavy (non-hydrogen) atoms. The van der Waals surface area contributed by atoms with Gasteiger partial charge in [-0.25, -0.2) is 8.42 Å². The number of piperazine rings is 1. The van der Waals surface area contributed by atoms with E-state index in [1.54, 1.807) is 43.5 Å². The Morgan fingerprint density at radius 3 is 2.29 bits per heavy atom. The average Bonchev–Trinajstić information content (AvgIpc) is 2.68. The first-order valence-corrected chi connectivity index (χ1v) is 10.3. The van der Waals surface area contributed by atoms with Gasteiger partial charge in [-0.15, -0.1) is 12.4 Å². The van der Waals surface area contributed by atoms with Crippen LogP contribution in [0.3, 0.4) is 0 Å².